The van der Waals surface area contributed by atoms with Crippen molar-refractivity contribution in [2.75, 3.05) is 18.1 Å². The smallest absolute Gasteiger partial charge is 0.271 e. The summed E-state index contributed by atoms with van der Waals surface area (Å²) in [5, 5.41) is 10.6. The van der Waals surface area contributed by atoms with Crippen molar-refractivity contribution in [3.05, 3.63) is 28.3 Å². The lowest BCUT2D eigenvalue weighted by molar-refractivity contribution is -0.385. The Morgan fingerprint density at radius 1 is 1.29 bits per heavy atom. The number of hydrogen-bond donors (Lipinski definition) is 0. The first-order valence-corrected chi connectivity index (χ1v) is 9.76. The Labute approximate surface area is 126 Å². The molecule has 0 heterocycles. The standard InChI is InChI=1S/C10H12ClNO7S2/c1-2-20(15,16)6-5-19-9-4-3-8(12(13)14)7-10(9)21(11,17)18/h3-4,7H,2,5-6H2,1H3. The van der Waals surface area contributed by atoms with Gasteiger partial charge >= 0.3 is 0 Å². The molecule has 1 aromatic rings. The number of halogens is 1. The van der Waals surface area contributed by atoms with Gasteiger partial charge in [0.25, 0.3) is 14.7 Å². The van der Waals surface area contributed by atoms with Crippen LogP contribution in [-0.4, -0.2) is 39.9 Å². The molecule has 8 nitrogen and oxygen atoms in total. The van der Waals surface area contributed by atoms with Gasteiger partial charge in [-0.1, -0.05) is 6.92 Å². The maximum atomic E-state index is 11.4. The Morgan fingerprint density at radius 3 is 2.38 bits per heavy atom. The van der Waals surface area contributed by atoms with Gasteiger partial charge in [0.1, 0.15) is 17.3 Å². The molecule has 0 N–H and O–H groups in total. The summed E-state index contributed by atoms with van der Waals surface area (Å²) in [7, 11) is -2.35. The van der Waals surface area contributed by atoms with Gasteiger partial charge in [0, 0.05) is 28.6 Å². The SMILES string of the molecule is CCS(=O)(=O)CCOc1ccc([N+](=O)[O-])cc1S(=O)(=O)Cl. The molecule has 21 heavy (non-hydrogen) atoms. The number of rotatable bonds is 7. The zero-order valence-corrected chi connectivity index (χ0v) is 13.2. The highest BCUT2D eigenvalue weighted by molar-refractivity contribution is 8.13. The normalized spacial score (nSPS) is 12.1. The lowest BCUT2D eigenvalue weighted by Crippen LogP contribution is -2.16. The molecular formula is C10H12ClNO7S2. The van der Waals surface area contributed by atoms with E-state index < -0.39 is 34.4 Å². The van der Waals surface area contributed by atoms with Gasteiger partial charge in [-0.3, -0.25) is 10.1 Å². The largest absolute Gasteiger partial charge is 0.491 e. The van der Waals surface area contributed by atoms with Crippen LogP contribution in [0.5, 0.6) is 5.75 Å². The number of nitro benzene ring substituents is 1. The first-order chi connectivity index (χ1) is 9.57. The molecule has 0 aromatic heterocycles. The van der Waals surface area contributed by atoms with E-state index in [9.17, 15) is 26.9 Å². The zero-order chi connectivity index (χ0) is 16.3. The van der Waals surface area contributed by atoms with Gasteiger partial charge in [-0.25, -0.2) is 16.8 Å². The molecule has 0 unspecified atom stereocenters. The van der Waals surface area contributed by atoms with Crippen LogP contribution in [0.2, 0.25) is 0 Å². The molecule has 0 saturated carbocycles. The lowest BCUT2D eigenvalue weighted by atomic mass is 10.3. The first-order valence-electron chi connectivity index (χ1n) is 5.63. The van der Waals surface area contributed by atoms with E-state index in [0.29, 0.717) is 0 Å². The molecule has 0 atom stereocenters. The summed E-state index contributed by atoms with van der Waals surface area (Å²) in [6.07, 6.45) is 0. The third kappa shape index (κ3) is 5.14. The zero-order valence-electron chi connectivity index (χ0n) is 10.9. The Bertz CT molecular complexity index is 743. The molecule has 0 radical (unpaired) electrons. The first kappa shape index (κ1) is 17.7. The third-order valence-corrected chi connectivity index (χ3v) is 5.50. The lowest BCUT2D eigenvalue weighted by Gasteiger charge is -2.09. The highest BCUT2D eigenvalue weighted by atomic mass is 35.7. The second kappa shape index (κ2) is 6.58. The quantitative estimate of drug-likeness (QED) is 0.410. The number of nitro groups is 1. The predicted octanol–water partition coefficient (Wildman–Crippen LogP) is 1.34. The minimum absolute atomic E-state index is 0.0721. The van der Waals surface area contributed by atoms with Gasteiger partial charge < -0.3 is 4.74 Å². The van der Waals surface area contributed by atoms with E-state index >= 15 is 0 Å². The number of hydrogen-bond acceptors (Lipinski definition) is 7. The fraction of sp³-hybridized carbons (Fsp3) is 0.400. The van der Waals surface area contributed by atoms with Crippen molar-refractivity contribution in [3.63, 3.8) is 0 Å². The highest BCUT2D eigenvalue weighted by Crippen LogP contribution is 2.30. The summed E-state index contributed by atoms with van der Waals surface area (Å²) in [6.45, 7) is 1.18. The van der Waals surface area contributed by atoms with E-state index in [1.54, 1.807) is 0 Å². The van der Waals surface area contributed by atoms with E-state index in [1.807, 2.05) is 0 Å². The second-order valence-corrected chi connectivity index (χ2v) is 8.92. The van der Waals surface area contributed by atoms with Gasteiger partial charge in [-0.05, 0) is 6.07 Å². The van der Waals surface area contributed by atoms with Crippen molar-refractivity contribution < 1.29 is 26.5 Å². The number of non-ortho nitro benzene ring substituents is 1. The van der Waals surface area contributed by atoms with E-state index in [-0.39, 0.29) is 23.9 Å². The third-order valence-electron chi connectivity index (χ3n) is 2.49. The van der Waals surface area contributed by atoms with Crippen LogP contribution in [0.25, 0.3) is 0 Å². The van der Waals surface area contributed by atoms with E-state index in [0.717, 1.165) is 18.2 Å². The molecule has 0 aliphatic heterocycles. The van der Waals surface area contributed by atoms with Crippen molar-refractivity contribution in [3.8, 4) is 5.75 Å². The predicted molar refractivity (Wildman–Crippen MR) is 76.0 cm³/mol. The van der Waals surface area contributed by atoms with Crippen LogP contribution >= 0.6 is 10.7 Å². The fourth-order valence-electron chi connectivity index (χ4n) is 1.34. The Balaban J connectivity index is 3.05. The van der Waals surface area contributed by atoms with E-state index in [2.05, 4.69) is 0 Å². The highest BCUT2D eigenvalue weighted by Gasteiger charge is 2.21. The Hall–Kier alpha value is -1.39. The molecule has 11 heteroatoms. The summed E-state index contributed by atoms with van der Waals surface area (Å²) in [5.41, 5.74) is -0.470. The average Bonchev–Trinajstić information content (AvgIpc) is 2.37. The van der Waals surface area contributed by atoms with Crippen molar-refractivity contribution in [2.24, 2.45) is 0 Å². The summed E-state index contributed by atoms with van der Waals surface area (Å²) < 4.78 is 50.5. The van der Waals surface area contributed by atoms with Crippen molar-refractivity contribution in [1.29, 1.82) is 0 Å². The van der Waals surface area contributed by atoms with Crippen LogP contribution in [0, 0.1) is 10.1 Å². The van der Waals surface area contributed by atoms with Crippen LogP contribution in [-0.2, 0) is 18.9 Å². The van der Waals surface area contributed by atoms with Gasteiger partial charge in [0.05, 0.1) is 10.7 Å². The molecule has 0 spiro atoms. The van der Waals surface area contributed by atoms with Crippen molar-refractivity contribution in [2.45, 2.75) is 11.8 Å². The van der Waals surface area contributed by atoms with Gasteiger partial charge in [-0.15, -0.1) is 0 Å². The molecule has 1 rings (SSSR count). The molecule has 0 aliphatic rings. The molecule has 0 amide bonds. The molecule has 1 aromatic carbocycles. The molecule has 118 valence electrons. The van der Waals surface area contributed by atoms with Gasteiger partial charge in [-0.2, -0.15) is 0 Å². The Morgan fingerprint density at radius 2 is 1.90 bits per heavy atom. The van der Waals surface area contributed by atoms with Crippen LogP contribution < -0.4 is 4.74 Å². The monoisotopic (exact) mass is 357 g/mol. The topological polar surface area (TPSA) is 121 Å². The molecular weight excluding hydrogens is 346 g/mol. The fourth-order valence-corrected chi connectivity index (χ4v) is 2.96. The Kier molecular flexibility index (Phi) is 5.54. The summed E-state index contributed by atoms with van der Waals surface area (Å²) in [5.74, 6) is -0.610. The molecule has 0 fully saturated rings. The summed E-state index contributed by atoms with van der Waals surface area (Å²) in [6, 6.07) is 2.85. The average molecular weight is 358 g/mol. The van der Waals surface area contributed by atoms with Gasteiger partial charge in [0.2, 0.25) is 0 Å². The maximum Gasteiger partial charge on any atom is 0.271 e. The van der Waals surface area contributed by atoms with Crippen LogP contribution in [0.15, 0.2) is 23.1 Å². The van der Waals surface area contributed by atoms with Crippen molar-refractivity contribution in [1.82, 2.24) is 0 Å². The maximum absolute atomic E-state index is 11.4. The number of benzene rings is 1. The molecule has 0 bridgehead atoms. The minimum atomic E-state index is -4.27. The molecule has 0 aliphatic carbocycles. The van der Waals surface area contributed by atoms with Crippen LogP contribution in [0.1, 0.15) is 6.92 Å². The number of nitrogens with zero attached hydrogens (tertiary/aromatic N) is 1. The van der Waals surface area contributed by atoms with Crippen LogP contribution in [0.4, 0.5) is 5.69 Å². The number of sulfone groups is 1. The van der Waals surface area contributed by atoms with Crippen molar-refractivity contribution >= 4 is 35.3 Å². The van der Waals surface area contributed by atoms with Crippen LogP contribution in [0.3, 0.4) is 0 Å². The van der Waals surface area contributed by atoms with E-state index in [1.165, 1.54) is 6.92 Å². The minimum Gasteiger partial charge on any atom is -0.491 e. The number of ether oxygens (including phenoxy) is 1. The second-order valence-electron chi connectivity index (χ2n) is 3.91. The summed E-state index contributed by atoms with van der Waals surface area (Å²) >= 11 is 0. The van der Waals surface area contributed by atoms with E-state index in [4.69, 9.17) is 15.4 Å². The summed E-state index contributed by atoms with van der Waals surface area (Å²) in [4.78, 5) is 9.27. The van der Waals surface area contributed by atoms with Gasteiger partial charge in [0.15, 0.2) is 9.84 Å². The molecule has 0 saturated heterocycles.